The first kappa shape index (κ1) is 138. The number of halogens is 26. The molecule has 148 heavy (non-hydrogen) atoms. The van der Waals surface area contributed by atoms with Gasteiger partial charge in [-0.2, -0.15) is 105 Å². The number of alkyl halides is 24. The molecule has 8 saturated heterocycles. The standard InChI is InChI=1S/2C20H25F6N3O2.C13H18F6N2O4.C12H15NO.C9H18N2O2.C8H10F6N2O2.C8H7FO.5CH4.ClH/c2*1-14-4-5-15(16(12-14)28-6-2-3-7-28)13-27-8-10-29(11-9-27)18(30)31-17(19(21,22)23)20(24,25)26;1-11(2,3)25-10(23)21-6-4-20(5-7-21)9(22)24-8(12(14,15)16)13(17,18)19;1-10-4-5-11(9-14)12(8-10)13-6-2-3-7-13;1-9(2,3)13-8(12)11-6-4-10-5-7-11;9-7(10,11)5(8(12,13)14)18-6(17)16-3-1-15-2-4-16;1-6-2-3-7(5-10)8(9)4-6;;;;;;/h2*4-5,12,17H,2-3,6-11,13H2,1H3;8H,4-7H2,1-3H3;4-5,8-9H,2-3,6-7H2,1H3;10H,4-7H2,1-3H3;5,15H,1-4H2;2-5H,1H3;5*1H4;1H. The summed E-state index contributed by atoms with van der Waals surface area (Å²) in [7, 11) is 0. The molecular formula is C95H139ClF25N13O14. The fourth-order valence-electron chi connectivity index (χ4n) is 14.9. The highest BCUT2D eigenvalue weighted by atomic mass is 35.5. The van der Waals surface area contributed by atoms with Crippen molar-refractivity contribution in [1.82, 2.24) is 49.8 Å². The van der Waals surface area contributed by atoms with Gasteiger partial charge in [-0.05, 0) is 178 Å². The molecule has 53 heteroatoms. The number of nitrogens with one attached hydrogen (secondary N) is 2. The van der Waals surface area contributed by atoms with E-state index in [1.807, 2.05) is 80.8 Å². The van der Waals surface area contributed by atoms with Gasteiger partial charge in [0.15, 0.2) is 12.6 Å². The van der Waals surface area contributed by atoms with E-state index in [9.17, 15) is 148 Å². The van der Waals surface area contributed by atoms with Crippen LogP contribution in [0.2, 0.25) is 0 Å². The molecule has 6 amide bonds. The molecule has 8 fully saturated rings. The number of benzene rings is 4. The number of anilines is 3. The molecule has 2 N–H and O–H groups in total. The first-order valence-electron chi connectivity index (χ1n) is 45.1. The van der Waals surface area contributed by atoms with Crippen LogP contribution in [0.1, 0.15) is 171 Å². The summed E-state index contributed by atoms with van der Waals surface area (Å²) < 4.78 is 336. The zero-order valence-electron chi connectivity index (χ0n) is 79.9. The van der Waals surface area contributed by atoms with E-state index in [2.05, 4.69) is 69.4 Å². The first-order valence-corrected chi connectivity index (χ1v) is 45.1. The highest BCUT2D eigenvalue weighted by Crippen LogP contribution is 2.42. The summed E-state index contributed by atoms with van der Waals surface area (Å²) in [6, 6.07) is 22.9. The summed E-state index contributed by atoms with van der Waals surface area (Å²) in [4.78, 5) is 108. The van der Waals surface area contributed by atoms with Crippen LogP contribution in [-0.4, -0.2) is 344 Å². The van der Waals surface area contributed by atoms with E-state index >= 15 is 0 Å². The summed E-state index contributed by atoms with van der Waals surface area (Å²) in [6.07, 6.45) is -61.3. The number of carbonyl (C=O) groups excluding carboxylic acids is 8. The van der Waals surface area contributed by atoms with Gasteiger partial charge >= 0.3 is 86.0 Å². The highest BCUT2D eigenvalue weighted by molar-refractivity contribution is 5.86. The van der Waals surface area contributed by atoms with Crippen LogP contribution in [0.25, 0.3) is 0 Å². The van der Waals surface area contributed by atoms with Gasteiger partial charge in [0.05, 0.1) is 5.56 Å². The maximum absolute atomic E-state index is 12.6. The molecule has 0 spiro atoms. The van der Waals surface area contributed by atoms with Crippen LogP contribution in [0, 0.1) is 33.5 Å². The van der Waals surface area contributed by atoms with Crippen molar-refractivity contribution in [2.75, 3.05) is 185 Å². The lowest BCUT2D eigenvalue weighted by Gasteiger charge is -2.36. The Morgan fingerprint density at radius 3 is 0.750 bits per heavy atom. The molecule has 0 aliphatic carbocycles. The van der Waals surface area contributed by atoms with E-state index < -0.39 is 116 Å². The fourth-order valence-corrected chi connectivity index (χ4v) is 14.9. The van der Waals surface area contributed by atoms with Crippen molar-refractivity contribution >= 4 is 78.6 Å². The lowest BCUT2D eigenvalue weighted by atomic mass is 10.1. The summed E-state index contributed by atoms with van der Waals surface area (Å²) in [5.74, 6) is -0.449. The number of ether oxygens (including phenoxy) is 6. The minimum absolute atomic E-state index is 0. The molecule has 0 saturated carbocycles. The molecule has 8 aliphatic rings. The lowest BCUT2D eigenvalue weighted by molar-refractivity contribution is -0.309. The molecular weight excluding hydrogens is 2060 g/mol. The van der Waals surface area contributed by atoms with E-state index in [4.69, 9.17) is 9.47 Å². The molecule has 27 nitrogen and oxygen atoms in total. The van der Waals surface area contributed by atoms with Gasteiger partial charge in [0, 0.05) is 206 Å². The SMILES string of the molecule is C.C.C.C.C.CC(C)(C)OC(=O)N1CCN(C(=O)OC(C(F)(F)F)C(F)(F)F)CC1.CC(C)(C)OC(=O)N1CCNCC1.Cc1ccc(C=O)c(F)c1.Cc1ccc(C=O)c(N2CCCC2)c1.Cc1ccc(CN2CCN(C(=O)OC(C(F)(F)F)C(F)(F)F)CC2)c(N2CCCC2)c1.Cc1ccc(CN2CCN(C(=O)OC(C(F)(F)F)C(F)(F)F)CC2)c(N2CCCC2)c1.Cl.O=C(OC(C(F)(F)F)C(F)(F)F)N1CCNCC1. The Hall–Kier alpha value is -10.4. The maximum Gasteiger partial charge on any atom is 0.434 e. The first-order chi connectivity index (χ1) is 65.7. The zero-order valence-corrected chi connectivity index (χ0v) is 80.7. The number of aldehydes is 2. The van der Waals surface area contributed by atoms with Gasteiger partial charge in [-0.15, -0.1) is 12.4 Å². The van der Waals surface area contributed by atoms with Crippen LogP contribution in [0.4, 0.5) is 156 Å². The Bertz CT molecular complexity index is 4500. The number of piperazine rings is 5. The number of aryl methyl sites for hydroxylation is 4. The fraction of sp³-hybridized carbons (Fsp3) is 0.663. The van der Waals surface area contributed by atoms with Gasteiger partial charge in [0.25, 0.3) is 24.4 Å². The van der Waals surface area contributed by atoms with E-state index in [1.54, 1.807) is 38.7 Å². The Morgan fingerprint density at radius 2 is 0.507 bits per heavy atom. The molecule has 850 valence electrons. The largest absolute Gasteiger partial charge is 0.444 e. The van der Waals surface area contributed by atoms with Gasteiger partial charge in [0.1, 0.15) is 17.0 Å². The summed E-state index contributed by atoms with van der Waals surface area (Å²) >= 11 is 0. The minimum Gasteiger partial charge on any atom is -0.444 e. The van der Waals surface area contributed by atoms with Crippen molar-refractivity contribution in [3.05, 3.63) is 123 Å². The minimum atomic E-state index is -5.77. The van der Waals surface area contributed by atoms with Crippen molar-refractivity contribution in [2.45, 2.75) is 243 Å². The van der Waals surface area contributed by atoms with Gasteiger partial charge in [-0.25, -0.2) is 33.2 Å². The molecule has 4 aromatic rings. The number of amides is 6. The van der Waals surface area contributed by atoms with Crippen LogP contribution < -0.4 is 25.3 Å². The predicted molar refractivity (Wildman–Crippen MR) is 508 cm³/mol. The van der Waals surface area contributed by atoms with Crippen molar-refractivity contribution in [3.8, 4) is 0 Å². The van der Waals surface area contributed by atoms with Crippen molar-refractivity contribution < 1.29 is 177 Å². The number of carbonyl (C=O) groups is 8. The van der Waals surface area contributed by atoms with Gasteiger partial charge in [-0.1, -0.05) is 73.5 Å². The van der Waals surface area contributed by atoms with Crippen molar-refractivity contribution in [3.63, 3.8) is 0 Å². The van der Waals surface area contributed by atoms with Crippen molar-refractivity contribution in [2.24, 2.45) is 0 Å². The van der Waals surface area contributed by atoms with E-state index in [1.165, 1.54) is 35.4 Å². The van der Waals surface area contributed by atoms with E-state index in [0.29, 0.717) is 50.5 Å². The zero-order chi connectivity index (χ0) is 107. The van der Waals surface area contributed by atoms with Crippen LogP contribution in [0.3, 0.4) is 0 Å². The monoisotopic (exact) mass is 2200 g/mol. The Labute approximate surface area is 852 Å². The molecule has 0 atom stereocenters. The summed E-state index contributed by atoms with van der Waals surface area (Å²) in [5, 5.41) is 5.97. The molecule has 8 aliphatic heterocycles. The topological polar surface area (TPSA) is 252 Å². The third-order valence-corrected chi connectivity index (χ3v) is 22.1. The van der Waals surface area contributed by atoms with E-state index in [0.717, 1.165) is 163 Å². The van der Waals surface area contributed by atoms with Crippen LogP contribution in [0.5, 0.6) is 0 Å². The Morgan fingerprint density at radius 1 is 0.297 bits per heavy atom. The Kier molecular flexibility index (Phi) is 55.8. The maximum atomic E-state index is 12.6. The molecule has 4 aromatic carbocycles. The van der Waals surface area contributed by atoms with Crippen LogP contribution >= 0.6 is 12.4 Å². The predicted octanol–water partition coefficient (Wildman–Crippen LogP) is 22.2. The molecule has 8 heterocycles. The Balaban J connectivity index is 0.00000174. The summed E-state index contributed by atoms with van der Waals surface area (Å²) in [5.41, 5.74) is 9.73. The summed E-state index contributed by atoms with van der Waals surface area (Å²) in [6.45, 7) is 30.0. The molecule has 0 unspecified atom stereocenters. The lowest BCUT2D eigenvalue weighted by Crippen LogP contribution is -2.54. The third-order valence-electron chi connectivity index (χ3n) is 22.1. The quantitative estimate of drug-likeness (QED) is 0.0717. The molecule has 0 bridgehead atoms. The number of nitrogens with zero attached hydrogens (tertiary/aromatic N) is 11. The van der Waals surface area contributed by atoms with Gasteiger partial charge < -0.3 is 83.2 Å². The van der Waals surface area contributed by atoms with Gasteiger partial charge in [0.2, 0.25) is 0 Å². The highest BCUT2D eigenvalue weighted by Gasteiger charge is 2.64. The van der Waals surface area contributed by atoms with Gasteiger partial charge in [-0.3, -0.25) is 19.4 Å². The average Bonchev–Trinajstić information content (AvgIpc) is 0.949. The van der Waals surface area contributed by atoms with E-state index in [-0.39, 0.29) is 145 Å². The normalized spacial score (nSPS) is 16.7. The van der Waals surface area contributed by atoms with Crippen LogP contribution in [0.15, 0.2) is 72.8 Å². The second-order valence-corrected chi connectivity index (χ2v) is 36.0. The second kappa shape index (κ2) is 60.0. The average molecular weight is 2200 g/mol. The van der Waals surface area contributed by atoms with Crippen molar-refractivity contribution in [1.29, 1.82) is 0 Å². The number of rotatable bonds is 13. The smallest absolute Gasteiger partial charge is 0.434 e. The second-order valence-electron chi connectivity index (χ2n) is 36.0. The molecule has 0 aromatic heterocycles. The molecule has 0 radical (unpaired) electrons. The molecule has 12 rings (SSSR count). The van der Waals surface area contributed by atoms with Crippen LogP contribution in [-0.2, 0) is 41.5 Å². The third kappa shape index (κ3) is 46.2. The number of hydrogen-bond donors (Lipinski definition) is 2. The number of hydrogen-bond acceptors (Lipinski definition) is 21.